The van der Waals surface area contributed by atoms with E-state index in [0.717, 1.165) is 0 Å². The average molecular weight is 191 g/mol. The van der Waals surface area contributed by atoms with E-state index in [1.54, 1.807) is 4.98 Å². The van der Waals surface area contributed by atoms with Crippen LogP contribution in [0.4, 0.5) is 13.2 Å². The third-order valence-electron chi connectivity index (χ3n) is 1.41. The standard InChI is InChI=1S/C7H4F3NO2/c8-4-1-3(6(9)10)5(2-12)11-7(4)13/h1-2,6H,(H,11,13). The van der Waals surface area contributed by atoms with Crippen molar-refractivity contribution in [2.45, 2.75) is 6.43 Å². The molecule has 0 aliphatic rings. The van der Waals surface area contributed by atoms with Gasteiger partial charge in [0.05, 0.1) is 5.69 Å². The van der Waals surface area contributed by atoms with Crippen molar-refractivity contribution in [1.29, 1.82) is 0 Å². The molecule has 70 valence electrons. The molecule has 0 aliphatic heterocycles. The molecule has 13 heavy (non-hydrogen) atoms. The molecule has 0 unspecified atom stereocenters. The molecule has 0 aromatic carbocycles. The zero-order chi connectivity index (χ0) is 10.0. The summed E-state index contributed by atoms with van der Waals surface area (Å²) in [6.07, 6.45) is -2.95. The lowest BCUT2D eigenvalue weighted by atomic mass is 10.2. The summed E-state index contributed by atoms with van der Waals surface area (Å²) in [7, 11) is 0. The fraction of sp³-hybridized carbons (Fsp3) is 0.143. The van der Waals surface area contributed by atoms with Gasteiger partial charge in [0.2, 0.25) is 0 Å². The smallest absolute Gasteiger partial charge is 0.284 e. The zero-order valence-corrected chi connectivity index (χ0v) is 6.18. The summed E-state index contributed by atoms with van der Waals surface area (Å²) in [5.74, 6) is -1.33. The van der Waals surface area contributed by atoms with E-state index >= 15 is 0 Å². The van der Waals surface area contributed by atoms with E-state index in [1.807, 2.05) is 0 Å². The van der Waals surface area contributed by atoms with Gasteiger partial charge in [-0.3, -0.25) is 9.59 Å². The van der Waals surface area contributed by atoms with E-state index in [1.165, 1.54) is 0 Å². The van der Waals surface area contributed by atoms with E-state index in [0.29, 0.717) is 6.07 Å². The first-order valence-electron chi connectivity index (χ1n) is 3.22. The molecule has 0 saturated carbocycles. The number of carbonyl (C=O) groups excluding carboxylic acids is 1. The number of H-pyrrole nitrogens is 1. The summed E-state index contributed by atoms with van der Waals surface area (Å²) in [6, 6.07) is 0.354. The van der Waals surface area contributed by atoms with Crippen molar-refractivity contribution >= 4 is 6.29 Å². The highest BCUT2D eigenvalue weighted by molar-refractivity contribution is 5.74. The Kier molecular flexibility index (Phi) is 2.50. The molecule has 0 spiro atoms. The normalized spacial score (nSPS) is 10.5. The summed E-state index contributed by atoms with van der Waals surface area (Å²) < 4.78 is 36.6. The lowest BCUT2D eigenvalue weighted by Crippen LogP contribution is -2.15. The number of pyridine rings is 1. The molecule has 0 radical (unpaired) electrons. The Labute approximate surface area is 70.2 Å². The predicted octanol–water partition coefficient (Wildman–Crippen LogP) is 1.26. The van der Waals surface area contributed by atoms with Gasteiger partial charge in [0.15, 0.2) is 12.1 Å². The summed E-state index contributed by atoms with van der Waals surface area (Å²) in [4.78, 5) is 22.4. The highest BCUT2D eigenvalue weighted by atomic mass is 19.3. The van der Waals surface area contributed by atoms with Gasteiger partial charge in [-0.05, 0) is 6.07 Å². The lowest BCUT2D eigenvalue weighted by molar-refractivity contribution is 0.110. The van der Waals surface area contributed by atoms with Crippen molar-refractivity contribution in [1.82, 2.24) is 4.98 Å². The summed E-state index contributed by atoms with van der Waals surface area (Å²) in [5.41, 5.74) is -2.60. The van der Waals surface area contributed by atoms with Crippen LogP contribution >= 0.6 is 0 Å². The molecule has 1 rings (SSSR count). The van der Waals surface area contributed by atoms with E-state index in [4.69, 9.17) is 0 Å². The largest absolute Gasteiger partial charge is 0.317 e. The van der Waals surface area contributed by atoms with Crippen molar-refractivity contribution in [3.05, 3.63) is 33.5 Å². The molecule has 1 aromatic heterocycles. The summed E-state index contributed by atoms with van der Waals surface area (Å²) in [6.45, 7) is 0. The van der Waals surface area contributed by atoms with Crippen molar-refractivity contribution < 1.29 is 18.0 Å². The maximum Gasteiger partial charge on any atom is 0.284 e. The van der Waals surface area contributed by atoms with Crippen molar-refractivity contribution in [2.24, 2.45) is 0 Å². The first-order chi connectivity index (χ1) is 6.06. The Morgan fingerprint density at radius 2 is 2.08 bits per heavy atom. The van der Waals surface area contributed by atoms with Gasteiger partial charge < -0.3 is 4.98 Å². The molecule has 6 heteroatoms. The third kappa shape index (κ3) is 1.77. The van der Waals surface area contributed by atoms with Gasteiger partial charge in [-0.2, -0.15) is 0 Å². The quantitative estimate of drug-likeness (QED) is 0.715. The minimum atomic E-state index is -2.99. The van der Waals surface area contributed by atoms with Crippen LogP contribution in [0.3, 0.4) is 0 Å². The molecule has 0 bridgehead atoms. The number of hydrogen-bond donors (Lipinski definition) is 1. The Balaban J connectivity index is 3.41. The average Bonchev–Trinajstić information content (AvgIpc) is 2.08. The number of halogens is 3. The number of hydrogen-bond acceptors (Lipinski definition) is 2. The van der Waals surface area contributed by atoms with Crippen LogP contribution in [-0.2, 0) is 0 Å². The second kappa shape index (κ2) is 3.42. The van der Waals surface area contributed by atoms with Crippen LogP contribution in [0.25, 0.3) is 0 Å². The molecule has 1 heterocycles. The van der Waals surface area contributed by atoms with Crippen LogP contribution in [0, 0.1) is 5.82 Å². The van der Waals surface area contributed by atoms with Gasteiger partial charge in [-0.1, -0.05) is 0 Å². The van der Waals surface area contributed by atoms with Crippen LogP contribution in [-0.4, -0.2) is 11.3 Å². The van der Waals surface area contributed by atoms with E-state index in [2.05, 4.69) is 0 Å². The van der Waals surface area contributed by atoms with Crippen molar-refractivity contribution in [2.75, 3.05) is 0 Å². The maximum atomic E-state index is 12.5. The number of aromatic nitrogens is 1. The van der Waals surface area contributed by atoms with E-state index in [-0.39, 0.29) is 6.29 Å². The number of aldehydes is 1. The highest BCUT2D eigenvalue weighted by Gasteiger charge is 2.15. The van der Waals surface area contributed by atoms with Crippen molar-refractivity contribution in [3.63, 3.8) is 0 Å². The Bertz CT molecular complexity index is 386. The molecule has 0 atom stereocenters. The van der Waals surface area contributed by atoms with Gasteiger partial charge in [0.1, 0.15) is 0 Å². The fourth-order valence-electron chi connectivity index (χ4n) is 0.812. The van der Waals surface area contributed by atoms with Crippen LogP contribution in [0.1, 0.15) is 22.5 Å². The maximum absolute atomic E-state index is 12.5. The van der Waals surface area contributed by atoms with Gasteiger partial charge in [-0.15, -0.1) is 0 Å². The Morgan fingerprint density at radius 3 is 2.54 bits per heavy atom. The molecule has 1 N–H and O–H groups in total. The third-order valence-corrected chi connectivity index (χ3v) is 1.41. The van der Waals surface area contributed by atoms with E-state index in [9.17, 15) is 22.8 Å². The van der Waals surface area contributed by atoms with Crippen LogP contribution in [0.5, 0.6) is 0 Å². The van der Waals surface area contributed by atoms with Crippen LogP contribution < -0.4 is 5.56 Å². The van der Waals surface area contributed by atoms with Crippen LogP contribution in [0.2, 0.25) is 0 Å². The molecule has 0 aliphatic carbocycles. The number of aromatic amines is 1. The molecule has 3 nitrogen and oxygen atoms in total. The zero-order valence-electron chi connectivity index (χ0n) is 6.18. The van der Waals surface area contributed by atoms with Crippen molar-refractivity contribution in [3.8, 4) is 0 Å². The monoisotopic (exact) mass is 191 g/mol. The summed E-state index contributed by atoms with van der Waals surface area (Å²) >= 11 is 0. The molecular formula is C7H4F3NO2. The Hall–Kier alpha value is -1.59. The minimum Gasteiger partial charge on any atom is -0.317 e. The minimum absolute atomic E-state index is 0.0440. The summed E-state index contributed by atoms with van der Waals surface area (Å²) in [5, 5.41) is 0. The topological polar surface area (TPSA) is 49.9 Å². The Morgan fingerprint density at radius 1 is 1.46 bits per heavy atom. The van der Waals surface area contributed by atoms with Gasteiger partial charge >= 0.3 is 0 Å². The fourth-order valence-corrected chi connectivity index (χ4v) is 0.812. The number of carbonyl (C=O) groups is 1. The van der Waals surface area contributed by atoms with Gasteiger partial charge in [0, 0.05) is 5.56 Å². The van der Waals surface area contributed by atoms with Crippen LogP contribution in [0.15, 0.2) is 10.9 Å². The number of nitrogens with one attached hydrogen (secondary N) is 1. The van der Waals surface area contributed by atoms with E-state index < -0.39 is 29.1 Å². The molecular weight excluding hydrogens is 187 g/mol. The first kappa shape index (κ1) is 9.50. The van der Waals surface area contributed by atoms with Gasteiger partial charge in [0.25, 0.3) is 12.0 Å². The molecule has 0 amide bonds. The number of alkyl halides is 2. The SMILES string of the molecule is O=Cc1[nH]c(=O)c(F)cc1C(F)F. The van der Waals surface area contributed by atoms with Gasteiger partial charge in [-0.25, -0.2) is 13.2 Å². The molecule has 0 saturated heterocycles. The highest BCUT2D eigenvalue weighted by Crippen LogP contribution is 2.19. The molecule has 1 aromatic rings. The number of rotatable bonds is 2. The second-order valence-corrected chi connectivity index (χ2v) is 2.23. The second-order valence-electron chi connectivity index (χ2n) is 2.23. The molecule has 0 fully saturated rings. The first-order valence-corrected chi connectivity index (χ1v) is 3.22. The lowest BCUT2D eigenvalue weighted by Gasteiger charge is -2.01. The predicted molar refractivity (Wildman–Crippen MR) is 37.4 cm³/mol.